The highest BCUT2D eigenvalue weighted by Gasteiger charge is 2.21. The maximum atomic E-state index is 13.0. The molecule has 0 fully saturated rings. The van der Waals surface area contributed by atoms with Gasteiger partial charge in [0.15, 0.2) is 0 Å². The summed E-state index contributed by atoms with van der Waals surface area (Å²) in [5.74, 6) is -0.371. The van der Waals surface area contributed by atoms with E-state index in [1.54, 1.807) is 34.2 Å². The Morgan fingerprint density at radius 1 is 0.970 bits per heavy atom. The number of pyridine rings is 1. The summed E-state index contributed by atoms with van der Waals surface area (Å²) in [6.45, 7) is 0.822. The molecule has 0 saturated carbocycles. The molecule has 0 bridgehead atoms. The molecular formula is C27H23N3O2S. The van der Waals surface area contributed by atoms with Crippen molar-refractivity contribution in [2.75, 3.05) is 6.54 Å². The minimum atomic E-state index is -0.358. The molecule has 6 heteroatoms. The highest BCUT2D eigenvalue weighted by atomic mass is 32.1. The lowest BCUT2D eigenvalue weighted by Crippen LogP contribution is -2.35. The summed E-state index contributed by atoms with van der Waals surface area (Å²) in [7, 11) is 0. The van der Waals surface area contributed by atoms with E-state index in [4.69, 9.17) is 0 Å². The summed E-state index contributed by atoms with van der Waals surface area (Å²) in [6, 6.07) is 25.3. The molecule has 2 aromatic carbocycles. The lowest BCUT2D eigenvalue weighted by Gasteiger charge is -2.16. The number of hydrogen-bond acceptors (Lipinski definition) is 3. The Hall–Kier alpha value is -3.90. The molecule has 33 heavy (non-hydrogen) atoms. The van der Waals surface area contributed by atoms with Crippen molar-refractivity contribution in [1.29, 1.82) is 0 Å². The van der Waals surface area contributed by atoms with Crippen molar-refractivity contribution in [3.05, 3.63) is 129 Å². The number of benzene rings is 2. The fraction of sp³-hybridized carbons (Fsp3) is 0.111. The van der Waals surface area contributed by atoms with Gasteiger partial charge in [0.25, 0.3) is 11.5 Å². The predicted octanol–water partition coefficient (Wildman–Crippen LogP) is 5.00. The number of nitrogens with one attached hydrogen (secondary N) is 2. The zero-order valence-corrected chi connectivity index (χ0v) is 18.7. The number of nitrogens with zero attached hydrogens (tertiary/aromatic N) is 1. The number of aromatic amines is 1. The van der Waals surface area contributed by atoms with Crippen molar-refractivity contribution < 1.29 is 4.79 Å². The van der Waals surface area contributed by atoms with Crippen LogP contribution in [0.25, 0.3) is 10.9 Å². The van der Waals surface area contributed by atoms with E-state index in [2.05, 4.69) is 22.4 Å². The highest BCUT2D eigenvalue weighted by molar-refractivity contribution is 7.10. The van der Waals surface area contributed by atoms with Gasteiger partial charge in [-0.15, -0.1) is 11.3 Å². The summed E-state index contributed by atoms with van der Waals surface area (Å²) < 4.78 is 1.57. The predicted molar refractivity (Wildman–Crippen MR) is 133 cm³/mol. The lowest BCUT2D eigenvalue weighted by atomic mass is 9.96. The van der Waals surface area contributed by atoms with Gasteiger partial charge in [0.1, 0.15) is 5.56 Å². The van der Waals surface area contributed by atoms with Crippen molar-refractivity contribution >= 4 is 28.1 Å². The highest BCUT2D eigenvalue weighted by Crippen LogP contribution is 2.32. The van der Waals surface area contributed by atoms with Crippen LogP contribution in [0.15, 0.2) is 101 Å². The fourth-order valence-electron chi connectivity index (χ4n) is 4.14. The van der Waals surface area contributed by atoms with Gasteiger partial charge in [-0.3, -0.25) is 9.59 Å². The first-order valence-corrected chi connectivity index (χ1v) is 11.7. The first-order valence-electron chi connectivity index (χ1n) is 10.8. The monoisotopic (exact) mass is 453 g/mol. The minimum absolute atomic E-state index is 0.0136. The van der Waals surface area contributed by atoms with Gasteiger partial charge in [-0.2, -0.15) is 0 Å². The summed E-state index contributed by atoms with van der Waals surface area (Å²) in [6.07, 6.45) is 3.73. The topological polar surface area (TPSA) is 66.9 Å². The number of rotatable bonds is 7. The van der Waals surface area contributed by atoms with Crippen LogP contribution in [-0.2, 0) is 6.54 Å². The second-order valence-electron chi connectivity index (χ2n) is 7.91. The molecule has 0 spiro atoms. The largest absolute Gasteiger partial charge is 0.361 e. The molecule has 0 radical (unpaired) electrons. The molecular weight excluding hydrogens is 430 g/mol. The summed E-state index contributed by atoms with van der Waals surface area (Å²) in [5.41, 5.74) is 3.06. The van der Waals surface area contributed by atoms with E-state index >= 15 is 0 Å². The zero-order chi connectivity index (χ0) is 22.6. The number of carbonyl (C=O) groups is 1. The van der Waals surface area contributed by atoms with Crippen LogP contribution < -0.4 is 10.9 Å². The first-order chi connectivity index (χ1) is 16.2. The zero-order valence-electron chi connectivity index (χ0n) is 17.9. The second-order valence-corrected chi connectivity index (χ2v) is 8.89. The minimum Gasteiger partial charge on any atom is -0.361 e. The van der Waals surface area contributed by atoms with Crippen LogP contribution in [0.3, 0.4) is 0 Å². The molecule has 1 atom stereocenters. The van der Waals surface area contributed by atoms with Gasteiger partial charge in [-0.25, -0.2) is 0 Å². The molecule has 164 valence electrons. The van der Waals surface area contributed by atoms with E-state index in [0.717, 1.165) is 26.9 Å². The Morgan fingerprint density at radius 2 is 1.79 bits per heavy atom. The molecule has 5 aromatic rings. The third-order valence-electron chi connectivity index (χ3n) is 5.81. The quantitative estimate of drug-likeness (QED) is 0.364. The third-order valence-corrected chi connectivity index (χ3v) is 6.80. The molecule has 1 unspecified atom stereocenters. The Morgan fingerprint density at radius 3 is 2.61 bits per heavy atom. The van der Waals surface area contributed by atoms with Gasteiger partial charge in [0, 0.05) is 40.6 Å². The molecule has 3 heterocycles. The van der Waals surface area contributed by atoms with Crippen molar-refractivity contribution in [2.24, 2.45) is 0 Å². The molecule has 2 N–H and O–H groups in total. The van der Waals surface area contributed by atoms with Crippen LogP contribution in [0.4, 0.5) is 0 Å². The van der Waals surface area contributed by atoms with Crippen LogP contribution in [0, 0.1) is 0 Å². The van der Waals surface area contributed by atoms with Crippen LogP contribution in [0.2, 0.25) is 0 Å². The Bertz CT molecular complexity index is 1440. The van der Waals surface area contributed by atoms with Crippen LogP contribution >= 0.6 is 11.3 Å². The Kier molecular flexibility index (Phi) is 5.91. The number of carbonyl (C=O) groups excluding carboxylic acids is 1. The molecule has 3 aromatic heterocycles. The molecule has 5 nitrogen and oxygen atoms in total. The number of para-hydroxylation sites is 1. The molecule has 0 aliphatic heterocycles. The van der Waals surface area contributed by atoms with Gasteiger partial charge in [-0.1, -0.05) is 54.6 Å². The van der Waals surface area contributed by atoms with E-state index in [9.17, 15) is 9.59 Å². The number of H-pyrrole nitrogens is 1. The number of aromatic nitrogens is 2. The van der Waals surface area contributed by atoms with E-state index in [0.29, 0.717) is 13.1 Å². The van der Waals surface area contributed by atoms with Gasteiger partial charge in [0.05, 0.1) is 6.54 Å². The van der Waals surface area contributed by atoms with Crippen LogP contribution in [0.1, 0.15) is 32.3 Å². The maximum absolute atomic E-state index is 13.0. The lowest BCUT2D eigenvalue weighted by molar-refractivity contribution is 0.0950. The summed E-state index contributed by atoms with van der Waals surface area (Å²) in [5, 5.41) is 6.19. The van der Waals surface area contributed by atoms with Gasteiger partial charge in [-0.05, 0) is 40.8 Å². The SMILES string of the molecule is O=C(NCC(c1cccs1)c1c[nH]c2ccccc12)c1cccn(Cc2ccccc2)c1=O. The van der Waals surface area contributed by atoms with Crippen molar-refractivity contribution in [1.82, 2.24) is 14.9 Å². The number of hydrogen-bond donors (Lipinski definition) is 2. The average Bonchev–Trinajstić information content (AvgIpc) is 3.52. The number of amides is 1. The molecule has 0 saturated heterocycles. The Labute approximate surface area is 195 Å². The number of thiophene rings is 1. The fourth-order valence-corrected chi connectivity index (χ4v) is 4.99. The van der Waals surface area contributed by atoms with E-state index in [1.807, 2.05) is 66.2 Å². The second kappa shape index (κ2) is 9.30. The van der Waals surface area contributed by atoms with E-state index < -0.39 is 0 Å². The smallest absolute Gasteiger partial charge is 0.263 e. The van der Waals surface area contributed by atoms with Crippen LogP contribution in [0.5, 0.6) is 0 Å². The van der Waals surface area contributed by atoms with Crippen molar-refractivity contribution in [3.63, 3.8) is 0 Å². The molecule has 1 amide bonds. The molecule has 0 aliphatic rings. The van der Waals surface area contributed by atoms with Crippen LogP contribution in [-0.4, -0.2) is 22.0 Å². The average molecular weight is 454 g/mol. The number of fused-ring (bicyclic) bond motifs is 1. The maximum Gasteiger partial charge on any atom is 0.263 e. The van der Waals surface area contributed by atoms with Gasteiger partial charge < -0.3 is 14.9 Å². The first kappa shape index (κ1) is 21.0. The third kappa shape index (κ3) is 4.38. The summed E-state index contributed by atoms with van der Waals surface area (Å²) in [4.78, 5) is 30.5. The van der Waals surface area contributed by atoms with Crippen molar-refractivity contribution in [2.45, 2.75) is 12.5 Å². The van der Waals surface area contributed by atoms with Crippen molar-refractivity contribution in [3.8, 4) is 0 Å². The Balaban J connectivity index is 1.39. The van der Waals surface area contributed by atoms with Gasteiger partial charge in [0.2, 0.25) is 0 Å². The standard InChI is InChI=1S/C27H23N3O2S/c31-26(21-11-6-14-30(27(21)32)18-19-8-2-1-3-9-19)29-17-23(25-13-7-15-33-25)22-16-28-24-12-5-4-10-20(22)24/h1-16,23,28H,17-18H2,(H,29,31). The van der Waals surface area contributed by atoms with E-state index in [1.165, 1.54) is 0 Å². The van der Waals surface area contributed by atoms with Gasteiger partial charge >= 0.3 is 0 Å². The van der Waals surface area contributed by atoms with E-state index in [-0.39, 0.29) is 22.9 Å². The molecule has 5 rings (SSSR count). The normalized spacial score (nSPS) is 12.0. The molecule has 0 aliphatic carbocycles. The summed E-state index contributed by atoms with van der Waals surface area (Å²) >= 11 is 1.66.